The van der Waals surface area contributed by atoms with Gasteiger partial charge in [-0.3, -0.25) is 9.59 Å². The summed E-state index contributed by atoms with van der Waals surface area (Å²) >= 11 is 0. The van der Waals surface area contributed by atoms with Crippen LogP contribution in [-0.4, -0.2) is 10.5 Å². The summed E-state index contributed by atoms with van der Waals surface area (Å²) in [6, 6.07) is 12.8. The number of rotatable bonds is 3. The van der Waals surface area contributed by atoms with Crippen LogP contribution in [-0.2, 0) is 6.18 Å². The van der Waals surface area contributed by atoms with Gasteiger partial charge in [0.2, 0.25) is 0 Å². The number of para-hydroxylation sites is 1. The fourth-order valence-electron chi connectivity index (χ4n) is 3.82. The number of fused-ring (bicyclic) bond motifs is 1. The first-order valence-electron chi connectivity index (χ1n) is 9.77. The Hall–Kier alpha value is -3.81. The molecule has 0 bridgehead atoms. The average Bonchev–Trinajstić information content (AvgIpc) is 3.01. The van der Waals surface area contributed by atoms with Crippen LogP contribution in [0.4, 0.5) is 18.9 Å². The number of nitrogens with zero attached hydrogens (tertiary/aromatic N) is 1. The summed E-state index contributed by atoms with van der Waals surface area (Å²) in [6.07, 6.45) is -4.53. The Kier molecular flexibility index (Phi) is 5.16. The minimum atomic E-state index is -4.53. The van der Waals surface area contributed by atoms with Crippen LogP contribution in [0.25, 0.3) is 16.7 Å². The number of hydrogen-bond donors (Lipinski definition) is 1. The van der Waals surface area contributed by atoms with Crippen molar-refractivity contribution in [3.05, 3.63) is 93.1 Å². The van der Waals surface area contributed by atoms with Gasteiger partial charge in [0.25, 0.3) is 5.91 Å². The molecular formula is C24H19F3N2O3. The minimum Gasteiger partial charge on any atom is -0.461 e. The molecule has 5 nitrogen and oxygen atoms in total. The van der Waals surface area contributed by atoms with Gasteiger partial charge in [-0.15, -0.1) is 0 Å². The molecule has 0 saturated carbocycles. The van der Waals surface area contributed by atoms with Crippen LogP contribution in [0.2, 0.25) is 0 Å². The van der Waals surface area contributed by atoms with Crippen LogP contribution in [0.15, 0.2) is 63.8 Å². The topological polar surface area (TPSA) is 64.2 Å². The highest BCUT2D eigenvalue weighted by Gasteiger charge is 2.34. The molecule has 0 aliphatic rings. The molecular weight excluding hydrogens is 421 g/mol. The van der Waals surface area contributed by atoms with Crippen LogP contribution in [0, 0.1) is 20.8 Å². The van der Waals surface area contributed by atoms with Crippen molar-refractivity contribution in [2.24, 2.45) is 0 Å². The van der Waals surface area contributed by atoms with Crippen molar-refractivity contribution in [1.82, 2.24) is 4.57 Å². The highest BCUT2D eigenvalue weighted by molar-refractivity contribution is 6.06. The standard InChI is InChI=1S/C24H19F3N2O3/c1-13-10-18(15(3)29(13)20-7-5-4-6-19(20)24(25,26)27)23(31)28-16-8-9-17-21(30)11-14(2)32-22(17)12-16/h4-12H,1-3H3,(H,28,31). The molecule has 4 rings (SSSR count). The molecule has 0 saturated heterocycles. The molecule has 0 unspecified atom stereocenters. The second kappa shape index (κ2) is 7.71. The number of aryl methyl sites for hydroxylation is 2. The molecule has 2 aromatic heterocycles. The third kappa shape index (κ3) is 3.79. The quantitative estimate of drug-likeness (QED) is 0.439. The number of amides is 1. The van der Waals surface area contributed by atoms with Gasteiger partial charge in [-0.25, -0.2) is 0 Å². The average molecular weight is 440 g/mol. The molecule has 1 N–H and O–H groups in total. The number of nitrogens with one attached hydrogen (secondary N) is 1. The third-order valence-corrected chi connectivity index (χ3v) is 5.24. The Morgan fingerprint density at radius 3 is 2.44 bits per heavy atom. The molecule has 0 radical (unpaired) electrons. The van der Waals surface area contributed by atoms with Gasteiger partial charge in [0.1, 0.15) is 11.3 Å². The van der Waals surface area contributed by atoms with Gasteiger partial charge < -0.3 is 14.3 Å². The molecule has 0 spiro atoms. The number of alkyl halides is 3. The van der Waals surface area contributed by atoms with Crippen molar-refractivity contribution in [3.8, 4) is 5.69 Å². The van der Waals surface area contributed by atoms with E-state index in [0.29, 0.717) is 33.8 Å². The number of anilines is 1. The number of halogens is 3. The molecule has 0 aliphatic heterocycles. The fourth-order valence-corrected chi connectivity index (χ4v) is 3.82. The molecule has 4 aromatic rings. The first-order chi connectivity index (χ1) is 15.1. The molecule has 0 aliphatic carbocycles. The van der Waals surface area contributed by atoms with Gasteiger partial charge in [0.05, 0.1) is 22.2 Å². The Balaban J connectivity index is 1.72. The van der Waals surface area contributed by atoms with Gasteiger partial charge in [-0.2, -0.15) is 13.2 Å². The van der Waals surface area contributed by atoms with Gasteiger partial charge in [-0.1, -0.05) is 12.1 Å². The Morgan fingerprint density at radius 2 is 1.72 bits per heavy atom. The van der Waals surface area contributed by atoms with Crippen molar-refractivity contribution in [2.45, 2.75) is 26.9 Å². The van der Waals surface area contributed by atoms with E-state index in [1.165, 1.54) is 28.8 Å². The van der Waals surface area contributed by atoms with Crippen LogP contribution < -0.4 is 10.7 Å². The molecule has 1 amide bonds. The van der Waals surface area contributed by atoms with E-state index in [9.17, 15) is 22.8 Å². The van der Waals surface area contributed by atoms with E-state index in [2.05, 4.69) is 5.32 Å². The summed E-state index contributed by atoms with van der Waals surface area (Å²) < 4.78 is 47.5. The van der Waals surface area contributed by atoms with Gasteiger partial charge in [0.15, 0.2) is 5.43 Å². The SMILES string of the molecule is Cc1cc(=O)c2ccc(NC(=O)c3cc(C)n(-c4ccccc4C(F)(F)F)c3C)cc2o1. The number of carbonyl (C=O) groups excluding carboxylic acids is 1. The molecule has 164 valence electrons. The Labute approximate surface area is 181 Å². The fraction of sp³-hybridized carbons (Fsp3) is 0.167. The van der Waals surface area contributed by atoms with Crippen molar-refractivity contribution in [3.63, 3.8) is 0 Å². The predicted octanol–water partition coefficient (Wildman–Crippen LogP) is 5.78. The van der Waals surface area contributed by atoms with Crippen LogP contribution in [0.5, 0.6) is 0 Å². The summed E-state index contributed by atoms with van der Waals surface area (Å²) in [5.74, 6) is -0.0407. The van der Waals surface area contributed by atoms with E-state index in [1.807, 2.05) is 0 Å². The predicted molar refractivity (Wildman–Crippen MR) is 115 cm³/mol. The van der Waals surface area contributed by atoms with Crippen molar-refractivity contribution in [1.29, 1.82) is 0 Å². The number of aromatic nitrogens is 1. The highest BCUT2D eigenvalue weighted by atomic mass is 19.4. The second-order valence-electron chi connectivity index (χ2n) is 7.52. The maximum absolute atomic E-state index is 13.5. The van der Waals surface area contributed by atoms with Gasteiger partial charge in [-0.05, 0) is 51.1 Å². The zero-order valence-corrected chi connectivity index (χ0v) is 17.5. The zero-order chi connectivity index (χ0) is 23.2. The lowest BCUT2D eigenvalue weighted by Crippen LogP contribution is -2.15. The zero-order valence-electron chi connectivity index (χ0n) is 17.5. The summed E-state index contributed by atoms with van der Waals surface area (Å²) in [7, 11) is 0. The maximum Gasteiger partial charge on any atom is 0.418 e. The molecule has 2 heterocycles. The van der Waals surface area contributed by atoms with Crippen molar-refractivity contribution in [2.75, 3.05) is 5.32 Å². The van der Waals surface area contributed by atoms with Crippen LogP contribution in [0.3, 0.4) is 0 Å². The summed E-state index contributed by atoms with van der Waals surface area (Å²) in [5, 5.41) is 3.12. The second-order valence-corrected chi connectivity index (χ2v) is 7.52. The van der Waals surface area contributed by atoms with E-state index < -0.39 is 17.6 Å². The lowest BCUT2D eigenvalue weighted by Gasteiger charge is -2.16. The minimum absolute atomic E-state index is 0.0444. The number of hydrogen-bond acceptors (Lipinski definition) is 3. The van der Waals surface area contributed by atoms with Gasteiger partial charge >= 0.3 is 6.18 Å². The van der Waals surface area contributed by atoms with E-state index in [1.54, 1.807) is 45.0 Å². The van der Waals surface area contributed by atoms with E-state index >= 15 is 0 Å². The lowest BCUT2D eigenvalue weighted by molar-refractivity contribution is -0.137. The molecule has 0 atom stereocenters. The third-order valence-electron chi connectivity index (χ3n) is 5.24. The van der Waals surface area contributed by atoms with Gasteiger partial charge in [0, 0.05) is 29.2 Å². The van der Waals surface area contributed by atoms with E-state index in [-0.39, 0.29) is 16.7 Å². The molecule has 8 heteroatoms. The van der Waals surface area contributed by atoms with Crippen molar-refractivity contribution < 1.29 is 22.4 Å². The summed E-state index contributed by atoms with van der Waals surface area (Å²) in [5.41, 5.74) is 0.822. The largest absolute Gasteiger partial charge is 0.461 e. The number of benzene rings is 2. The maximum atomic E-state index is 13.5. The lowest BCUT2D eigenvalue weighted by atomic mass is 10.1. The first kappa shape index (κ1) is 21.4. The molecule has 32 heavy (non-hydrogen) atoms. The Morgan fingerprint density at radius 1 is 1.00 bits per heavy atom. The van der Waals surface area contributed by atoms with E-state index in [4.69, 9.17) is 4.42 Å². The van der Waals surface area contributed by atoms with E-state index in [0.717, 1.165) is 6.07 Å². The van der Waals surface area contributed by atoms with Crippen LogP contribution in [0.1, 0.15) is 33.1 Å². The highest BCUT2D eigenvalue weighted by Crippen LogP contribution is 2.35. The number of carbonyl (C=O) groups is 1. The summed E-state index contributed by atoms with van der Waals surface area (Å²) in [6.45, 7) is 4.89. The molecule has 0 fully saturated rings. The monoisotopic (exact) mass is 440 g/mol. The van der Waals surface area contributed by atoms with Crippen LogP contribution >= 0.6 is 0 Å². The smallest absolute Gasteiger partial charge is 0.418 e. The normalized spacial score (nSPS) is 11.7. The van der Waals surface area contributed by atoms with Crippen molar-refractivity contribution >= 4 is 22.6 Å². The first-order valence-corrected chi connectivity index (χ1v) is 9.77. The Bertz CT molecular complexity index is 1410. The summed E-state index contributed by atoms with van der Waals surface area (Å²) in [4.78, 5) is 25.0. The molecule has 2 aromatic carbocycles.